The summed E-state index contributed by atoms with van der Waals surface area (Å²) in [6.45, 7) is 1.00. The molecule has 132 valence electrons. The third-order valence-corrected chi connectivity index (χ3v) is 4.22. The first-order valence-corrected chi connectivity index (χ1v) is 8.32. The number of amides is 2. The van der Waals surface area contributed by atoms with Gasteiger partial charge in [-0.15, -0.1) is 0 Å². The largest absolute Gasteiger partial charge is 0.463 e. The first-order chi connectivity index (χ1) is 12.7. The molecule has 0 unspecified atom stereocenters. The number of carbonyl (C=O) groups excluding carboxylic acids is 2. The third kappa shape index (κ3) is 3.21. The van der Waals surface area contributed by atoms with E-state index in [1.54, 1.807) is 41.8 Å². The predicted octanol–water partition coefficient (Wildman–Crippen LogP) is 2.12. The maximum Gasteiger partial charge on any atom is 0.272 e. The van der Waals surface area contributed by atoms with Gasteiger partial charge < -0.3 is 14.6 Å². The molecule has 1 aliphatic heterocycles. The van der Waals surface area contributed by atoms with Gasteiger partial charge in [-0.25, -0.2) is 0 Å². The highest BCUT2D eigenvalue weighted by molar-refractivity contribution is 5.95. The fraction of sp³-hybridized carbons (Fsp3) is 0.222. The summed E-state index contributed by atoms with van der Waals surface area (Å²) in [5, 5.41) is 9.59. The number of hydrogen-bond donors (Lipinski definition) is 2. The van der Waals surface area contributed by atoms with Crippen molar-refractivity contribution < 1.29 is 14.0 Å². The molecule has 3 aromatic rings. The van der Waals surface area contributed by atoms with E-state index < -0.39 is 0 Å². The number of anilines is 1. The van der Waals surface area contributed by atoms with Crippen LogP contribution in [0.4, 0.5) is 5.69 Å². The summed E-state index contributed by atoms with van der Waals surface area (Å²) < 4.78 is 5.27. The number of nitrogens with zero attached hydrogens (tertiary/aromatic N) is 3. The van der Waals surface area contributed by atoms with E-state index in [2.05, 4.69) is 20.5 Å². The van der Waals surface area contributed by atoms with Crippen LogP contribution < -0.4 is 10.2 Å². The molecule has 2 amide bonds. The number of furan rings is 1. The second-order valence-electron chi connectivity index (χ2n) is 6.03. The summed E-state index contributed by atoms with van der Waals surface area (Å²) in [5.41, 5.74) is 2.49. The summed E-state index contributed by atoms with van der Waals surface area (Å²) >= 11 is 0. The van der Waals surface area contributed by atoms with Gasteiger partial charge in [-0.05, 0) is 30.2 Å². The van der Waals surface area contributed by atoms with Crippen molar-refractivity contribution in [3.63, 3.8) is 0 Å². The van der Waals surface area contributed by atoms with Crippen molar-refractivity contribution >= 4 is 17.5 Å². The Morgan fingerprint density at radius 3 is 3.04 bits per heavy atom. The maximum atomic E-state index is 12.3. The van der Waals surface area contributed by atoms with Gasteiger partial charge in [-0.2, -0.15) is 5.10 Å². The number of aromatic amines is 1. The lowest BCUT2D eigenvalue weighted by atomic mass is 10.2. The molecule has 8 nitrogen and oxygen atoms in total. The number of pyridine rings is 1. The van der Waals surface area contributed by atoms with Crippen molar-refractivity contribution in [2.45, 2.75) is 19.4 Å². The zero-order valence-electron chi connectivity index (χ0n) is 13.9. The molecule has 2 N–H and O–H groups in total. The van der Waals surface area contributed by atoms with Crippen molar-refractivity contribution in [2.24, 2.45) is 0 Å². The summed E-state index contributed by atoms with van der Waals surface area (Å²) in [5.74, 6) is 0.417. The Kier molecular flexibility index (Phi) is 4.22. The summed E-state index contributed by atoms with van der Waals surface area (Å²) in [6, 6.07) is 7.05. The number of aromatic nitrogens is 3. The molecule has 0 atom stereocenters. The second kappa shape index (κ2) is 6.83. The van der Waals surface area contributed by atoms with Gasteiger partial charge >= 0.3 is 0 Å². The molecule has 3 aromatic heterocycles. The maximum absolute atomic E-state index is 12.3. The summed E-state index contributed by atoms with van der Waals surface area (Å²) in [4.78, 5) is 30.0. The number of carbonyl (C=O) groups is 2. The zero-order valence-corrected chi connectivity index (χ0v) is 13.9. The normalized spacial score (nSPS) is 14.0. The monoisotopic (exact) mass is 351 g/mol. The lowest BCUT2D eigenvalue weighted by Crippen LogP contribution is -2.25. The van der Waals surface area contributed by atoms with Crippen LogP contribution in [0.1, 0.15) is 28.9 Å². The first kappa shape index (κ1) is 16.1. The summed E-state index contributed by atoms with van der Waals surface area (Å²) in [7, 11) is 0. The van der Waals surface area contributed by atoms with Gasteiger partial charge in [0.15, 0.2) is 11.5 Å². The highest BCUT2D eigenvalue weighted by atomic mass is 16.3. The van der Waals surface area contributed by atoms with E-state index in [1.807, 2.05) is 6.07 Å². The van der Waals surface area contributed by atoms with Gasteiger partial charge in [0.05, 0.1) is 18.1 Å². The minimum Gasteiger partial charge on any atom is -0.463 e. The van der Waals surface area contributed by atoms with E-state index in [4.69, 9.17) is 4.42 Å². The number of H-pyrrole nitrogens is 1. The van der Waals surface area contributed by atoms with Crippen LogP contribution in [0.3, 0.4) is 0 Å². The Hall–Kier alpha value is -3.42. The molecule has 1 saturated heterocycles. The fourth-order valence-corrected chi connectivity index (χ4v) is 2.91. The molecule has 0 saturated carbocycles. The molecule has 0 spiro atoms. The SMILES string of the molecule is O=C(NCc1cncc(N2CCCC2=O)c1)c1cc(-c2ccco2)[nH]n1. The van der Waals surface area contributed by atoms with Crippen molar-refractivity contribution in [2.75, 3.05) is 11.4 Å². The molecule has 0 radical (unpaired) electrons. The van der Waals surface area contributed by atoms with Gasteiger partial charge in [-0.3, -0.25) is 19.7 Å². The number of hydrogen-bond acceptors (Lipinski definition) is 5. The van der Waals surface area contributed by atoms with Crippen molar-refractivity contribution in [3.05, 3.63) is 54.2 Å². The molecule has 4 rings (SSSR count). The average Bonchev–Trinajstić information content (AvgIpc) is 3.40. The molecule has 0 aliphatic carbocycles. The number of nitrogens with one attached hydrogen (secondary N) is 2. The van der Waals surface area contributed by atoms with E-state index >= 15 is 0 Å². The molecule has 0 aromatic carbocycles. The average molecular weight is 351 g/mol. The van der Waals surface area contributed by atoms with E-state index in [-0.39, 0.29) is 17.5 Å². The first-order valence-electron chi connectivity index (χ1n) is 8.32. The standard InChI is InChI=1S/C18H17N5O3/c24-17-4-1-5-23(17)13-7-12(9-19-11-13)10-20-18(25)15-8-14(21-22-15)16-3-2-6-26-16/h2-3,6-9,11H,1,4-5,10H2,(H,20,25)(H,21,22). The Morgan fingerprint density at radius 1 is 1.35 bits per heavy atom. The Labute approximate surface area is 149 Å². The Bertz CT molecular complexity index is 932. The van der Waals surface area contributed by atoms with Crippen LogP contribution in [0.5, 0.6) is 0 Å². The minimum absolute atomic E-state index is 0.106. The van der Waals surface area contributed by atoms with Gasteiger partial charge in [0.2, 0.25) is 5.91 Å². The summed E-state index contributed by atoms with van der Waals surface area (Å²) in [6.07, 6.45) is 6.32. The molecule has 4 heterocycles. The molecule has 1 fully saturated rings. The highest BCUT2D eigenvalue weighted by Gasteiger charge is 2.22. The van der Waals surface area contributed by atoms with Crippen LogP contribution >= 0.6 is 0 Å². The van der Waals surface area contributed by atoms with E-state index in [0.717, 1.165) is 17.7 Å². The molecule has 26 heavy (non-hydrogen) atoms. The highest BCUT2D eigenvalue weighted by Crippen LogP contribution is 2.21. The van der Waals surface area contributed by atoms with Crippen LogP contribution in [0.2, 0.25) is 0 Å². The van der Waals surface area contributed by atoms with Crippen LogP contribution in [0.25, 0.3) is 11.5 Å². The van der Waals surface area contributed by atoms with Gasteiger partial charge in [-0.1, -0.05) is 0 Å². The number of rotatable bonds is 5. The Morgan fingerprint density at radius 2 is 2.27 bits per heavy atom. The topological polar surface area (TPSA) is 104 Å². The van der Waals surface area contributed by atoms with Crippen molar-refractivity contribution in [3.8, 4) is 11.5 Å². The molecule has 0 bridgehead atoms. The zero-order chi connectivity index (χ0) is 17.9. The van der Waals surface area contributed by atoms with Crippen LogP contribution in [0.15, 0.2) is 47.3 Å². The lowest BCUT2D eigenvalue weighted by Gasteiger charge is -2.16. The third-order valence-electron chi connectivity index (χ3n) is 4.22. The van der Waals surface area contributed by atoms with Crippen LogP contribution in [0, 0.1) is 0 Å². The molecule has 8 heteroatoms. The van der Waals surface area contributed by atoms with Crippen LogP contribution in [-0.2, 0) is 11.3 Å². The van der Waals surface area contributed by atoms with Gasteiger partial charge in [0.25, 0.3) is 5.91 Å². The van der Waals surface area contributed by atoms with Crippen molar-refractivity contribution in [1.82, 2.24) is 20.5 Å². The molecular weight excluding hydrogens is 334 g/mol. The molecule has 1 aliphatic rings. The lowest BCUT2D eigenvalue weighted by molar-refractivity contribution is -0.117. The Balaban J connectivity index is 1.41. The van der Waals surface area contributed by atoms with E-state index in [0.29, 0.717) is 31.0 Å². The van der Waals surface area contributed by atoms with E-state index in [1.165, 1.54) is 0 Å². The van der Waals surface area contributed by atoms with Gasteiger partial charge in [0, 0.05) is 31.8 Å². The van der Waals surface area contributed by atoms with Crippen LogP contribution in [-0.4, -0.2) is 33.5 Å². The predicted molar refractivity (Wildman–Crippen MR) is 93.3 cm³/mol. The molecular formula is C18H17N5O3. The fourth-order valence-electron chi connectivity index (χ4n) is 2.91. The quantitative estimate of drug-likeness (QED) is 0.733. The second-order valence-corrected chi connectivity index (χ2v) is 6.03. The minimum atomic E-state index is -0.304. The van der Waals surface area contributed by atoms with Gasteiger partial charge in [0.1, 0.15) is 5.69 Å². The smallest absolute Gasteiger partial charge is 0.272 e. The van der Waals surface area contributed by atoms with Crippen molar-refractivity contribution in [1.29, 1.82) is 0 Å². The van der Waals surface area contributed by atoms with E-state index in [9.17, 15) is 9.59 Å².